The summed E-state index contributed by atoms with van der Waals surface area (Å²) in [7, 11) is 0. The first-order valence-electron chi connectivity index (χ1n) is 10.8. The van der Waals surface area contributed by atoms with Gasteiger partial charge in [0.05, 0.1) is 72.6 Å². The number of imide groups is 1. The zero-order valence-corrected chi connectivity index (χ0v) is 18.7. The molecule has 2 amide bonds. The van der Waals surface area contributed by atoms with Crippen molar-refractivity contribution >= 4 is 11.8 Å². The van der Waals surface area contributed by atoms with Gasteiger partial charge in [-0.15, -0.1) is 6.42 Å². The number of carbonyl (C=O) groups excluding carboxylic acids is 2. The molecule has 0 radical (unpaired) electrons. The molecular weight excluding hydrogens is 430 g/mol. The maximum Gasteiger partial charge on any atom is 0.253 e. The standard InChI is InChI=1S/C24H31NO8/c1-2-21-3-5-22(6-4-21)33-20-19-32-18-17-31-16-15-30-14-13-29-12-11-28-10-9-25-23(26)7-8-24(25)27/h1,3-8H,9-20H2. The Bertz CT molecular complexity index is 754. The quantitative estimate of drug-likeness (QED) is 0.172. The number of hydrogen-bond acceptors (Lipinski definition) is 8. The van der Waals surface area contributed by atoms with E-state index in [1.807, 2.05) is 24.3 Å². The summed E-state index contributed by atoms with van der Waals surface area (Å²) in [4.78, 5) is 23.8. The number of rotatable bonds is 19. The molecule has 33 heavy (non-hydrogen) atoms. The summed E-state index contributed by atoms with van der Waals surface area (Å²) in [6.07, 6.45) is 7.82. The highest BCUT2D eigenvalue weighted by molar-refractivity contribution is 6.12. The minimum atomic E-state index is -0.303. The number of carbonyl (C=O) groups is 2. The normalized spacial score (nSPS) is 13.0. The lowest BCUT2D eigenvalue weighted by atomic mass is 10.2. The highest BCUT2D eigenvalue weighted by atomic mass is 16.6. The van der Waals surface area contributed by atoms with Crippen molar-refractivity contribution in [3.05, 3.63) is 42.0 Å². The van der Waals surface area contributed by atoms with Gasteiger partial charge >= 0.3 is 0 Å². The highest BCUT2D eigenvalue weighted by Gasteiger charge is 2.22. The molecule has 0 spiro atoms. The van der Waals surface area contributed by atoms with Gasteiger partial charge in [-0.1, -0.05) is 5.92 Å². The van der Waals surface area contributed by atoms with E-state index >= 15 is 0 Å². The Morgan fingerprint density at radius 3 is 1.52 bits per heavy atom. The van der Waals surface area contributed by atoms with Crippen molar-refractivity contribution in [2.45, 2.75) is 0 Å². The van der Waals surface area contributed by atoms with Gasteiger partial charge in [0.15, 0.2) is 0 Å². The molecule has 0 aliphatic carbocycles. The summed E-state index contributed by atoms with van der Waals surface area (Å²) >= 11 is 0. The van der Waals surface area contributed by atoms with Crippen LogP contribution in [0.3, 0.4) is 0 Å². The molecule has 0 saturated carbocycles. The maximum atomic E-state index is 11.3. The van der Waals surface area contributed by atoms with Crippen molar-refractivity contribution in [2.24, 2.45) is 0 Å². The largest absolute Gasteiger partial charge is 0.491 e. The zero-order valence-electron chi connectivity index (χ0n) is 18.7. The van der Waals surface area contributed by atoms with Crippen LogP contribution in [0.15, 0.2) is 36.4 Å². The smallest absolute Gasteiger partial charge is 0.253 e. The van der Waals surface area contributed by atoms with Gasteiger partial charge in [0, 0.05) is 17.7 Å². The minimum absolute atomic E-state index is 0.245. The van der Waals surface area contributed by atoms with Crippen LogP contribution in [-0.4, -0.2) is 95.9 Å². The minimum Gasteiger partial charge on any atom is -0.491 e. The fourth-order valence-electron chi connectivity index (χ4n) is 2.65. The Morgan fingerprint density at radius 1 is 0.636 bits per heavy atom. The van der Waals surface area contributed by atoms with E-state index in [2.05, 4.69) is 5.92 Å². The second kappa shape index (κ2) is 16.8. The number of benzene rings is 1. The lowest BCUT2D eigenvalue weighted by Crippen LogP contribution is -2.33. The van der Waals surface area contributed by atoms with Crippen molar-refractivity contribution in [2.75, 3.05) is 79.2 Å². The fraction of sp³-hybridized carbons (Fsp3) is 0.500. The topological polar surface area (TPSA) is 92.8 Å². The third-order valence-corrected chi connectivity index (χ3v) is 4.37. The van der Waals surface area contributed by atoms with E-state index in [1.165, 1.54) is 12.2 Å². The summed E-state index contributed by atoms with van der Waals surface area (Å²) in [6.45, 7) is 5.10. The molecule has 9 nitrogen and oxygen atoms in total. The van der Waals surface area contributed by atoms with Crippen LogP contribution in [0.5, 0.6) is 5.75 Å². The van der Waals surface area contributed by atoms with Crippen molar-refractivity contribution in [3.63, 3.8) is 0 Å². The predicted octanol–water partition coefficient (Wildman–Crippen LogP) is 1.05. The van der Waals surface area contributed by atoms with Gasteiger partial charge in [0.25, 0.3) is 11.8 Å². The summed E-state index contributed by atoms with van der Waals surface area (Å²) in [5.74, 6) is 2.71. The monoisotopic (exact) mass is 461 g/mol. The van der Waals surface area contributed by atoms with E-state index in [0.717, 1.165) is 16.2 Å². The Balaban J connectivity index is 1.26. The Labute approximate surface area is 194 Å². The van der Waals surface area contributed by atoms with Crippen molar-refractivity contribution in [1.82, 2.24) is 4.90 Å². The van der Waals surface area contributed by atoms with Crippen molar-refractivity contribution < 1.29 is 38.0 Å². The van der Waals surface area contributed by atoms with Crippen molar-refractivity contribution in [3.8, 4) is 18.1 Å². The predicted molar refractivity (Wildman–Crippen MR) is 120 cm³/mol. The van der Waals surface area contributed by atoms with Crippen LogP contribution >= 0.6 is 0 Å². The summed E-state index contributed by atoms with van der Waals surface area (Å²) in [5, 5.41) is 0. The molecular formula is C24H31NO8. The van der Waals surface area contributed by atoms with Gasteiger partial charge in [-0.2, -0.15) is 0 Å². The molecule has 1 aromatic rings. The number of amides is 2. The summed E-state index contributed by atoms with van der Waals surface area (Å²) < 4.78 is 32.6. The number of ether oxygens (including phenoxy) is 6. The number of hydrogen-bond donors (Lipinski definition) is 0. The first-order chi connectivity index (χ1) is 16.2. The number of terminal acetylenes is 1. The molecule has 1 heterocycles. The Morgan fingerprint density at radius 2 is 1.06 bits per heavy atom. The van der Waals surface area contributed by atoms with E-state index in [0.29, 0.717) is 66.1 Å². The van der Waals surface area contributed by atoms with Crippen LogP contribution in [0, 0.1) is 12.3 Å². The molecule has 180 valence electrons. The maximum absolute atomic E-state index is 11.3. The third kappa shape index (κ3) is 11.6. The molecule has 1 aliphatic rings. The van der Waals surface area contributed by atoms with E-state index in [4.69, 9.17) is 34.8 Å². The first kappa shape index (κ1) is 26.5. The van der Waals surface area contributed by atoms with E-state index in [9.17, 15) is 9.59 Å². The molecule has 1 aromatic carbocycles. The van der Waals surface area contributed by atoms with Crippen LogP contribution in [0.2, 0.25) is 0 Å². The van der Waals surface area contributed by atoms with Gasteiger partial charge in [-0.05, 0) is 24.3 Å². The van der Waals surface area contributed by atoms with Crippen molar-refractivity contribution in [1.29, 1.82) is 0 Å². The highest BCUT2D eigenvalue weighted by Crippen LogP contribution is 2.11. The molecule has 9 heteroatoms. The molecule has 2 rings (SSSR count). The second-order valence-electron chi connectivity index (χ2n) is 6.74. The second-order valence-corrected chi connectivity index (χ2v) is 6.74. The van der Waals surface area contributed by atoms with E-state index in [1.54, 1.807) is 0 Å². The van der Waals surface area contributed by atoms with Gasteiger partial charge in [0.2, 0.25) is 0 Å². The average Bonchev–Trinajstić information content (AvgIpc) is 3.15. The molecule has 0 N–H and O–H groups in total. The van der Waals surface area contributed by atoms with Crippen LogP contribution in [0.1, 0.15) is 5.56 Å². The average molecular weight is 462 g/mol. The van der Waals surface area contributed by atoms with Gasteiger partial charge in [0.1, 0.15) is 12.4 Å². The van der Waals surface area contributed by atoms with E-state index < -0.39 is 0 Å². The fourth-order valence-corrected chi connectivity index (χ4v) is 2.65. The lowest BCUT2D eigenvalue weighted by Gasteiger charge is -2.13. The zero-order chi connectivity index (χ0) is 23.6. The van der Waals surface area contributed by atoms with Gasteiger partial charge in [-0.3, -0.25) is 14.5 Å². The number of nitrogens with zero attached hydrogens (tertiary/aromatic N) is 1. The molecule has 0 aromatic heterocycles. The molecule has 0 unspecified atom stereocenters. The van der Waals surface area contributed by atoms with Gasteiger partial charge < -0.3 is 28.4 Å². The molecule has 0 fully saturated rings. The lowest BCUT2D eigenvalue weighted by molar-refractivity contribution is -0.137. The van der Waals surface area contributed by atoms with Crippen LogP contribution in [0.25, 0.3) is 0 Å². The van der Waals surface area contributed by atoms with Crippen LogP contribution in [0.4, 0.5) is 0 Å². The Kier molecular flexibility index (Phi) is 13.5. The molecule has 0 atom stereocenters. The molecule has 0 bridgehead atoms. The van der Waals surface area contributed by atoms with Crippen LogP contribution < -0.4 is 4.74 Å². The van der Waals surface area contributed by atoms with Gasteiger partial charge in [-0.25, -0.2) is 0 Å². The third-order valence-electron chi connectivity index (χ3n) is 4.37. The SMILES string of the molecule is C#Cc1ccc(OCCOCCOCCOCCOCCOCCN2C(=O)C=CC2=O)cc1. The molecule has 1 aliphatic heterocycles. The van der Waals surface area contributed by atoms with E-state index in [-0.39, 0.29) is 25.0 Å². The molecule has 0 saturated heterocycles. The van der Waals surface area contributed by atoms with Crippen LogP contribution in [-0.2, 0) is 33.3 Å². The Hall–Kier alpha value is -2.74. The summed E-state index contributed by atoms with van der Waals surface area (Å²) in [6, 6.07) is 7.33. The first-order valence-corrected chi connectivity index (χ1v) is 10.8. The summed E-state index contributed by atoms with van der Waals surface area (Å²) in [5.41, 5.74) is 0.819.